The maximum atomic E-state index is 11.4. The van der Waals surface area contributed by atoms with Crippen molar-refractivity contribution in [1.29, 1.82) is 0 Å². The standard InChI is InChI=1S/C10H16O5/c1-5(11)8(12)4-7-9(14-3)6(2)15-10(7)13/h5-7,9,11H,4H2,1-3H3/t5-,6-,7+,9-/m1/s1. The molecule has 4 atom stereocenters. The highest BCUT2D eigenvalue weighted by Crippen LogP contribution is 2.27. The minimum Gasteiger partial charge on any atom is -0.460 e. The Morgan fingerprint density at radius 1 is 1.67 bits per heavy atom. The molecular weight excluding hydrogens is 200 g/mol. The summed E-state index contributed by atoms with van der Waals surface area (Å²) in [5.74, 6) is -1.39. The first-order valence-corrected chi connectivity index (χ1v) is 4.91. The molecule has 0 radical (unpaired) electrons. The van der Waals surface area contributed by atoms with Crippen LogP contribution in [0.5, 0.6) is 0 Å². The molecule has 0 spiro atoms. The highest BCUT2D eigenvalue weighted by molar-refractivity contribution is 5.88. The average Bonchev–Trinajstić information content (AvgIpc) is 2.41. The van der Waals surface area contributed by atoms with E-state index in [0.717, 1.165) is 0 Å². The van der Waals surface area contributed by atoms with Crippen molar-refractivity contribution in [3.8, 4) is 0 Å². The lowest BCUT2D eigenvalue weighted by atomic mass is 9.94. The number of carbonyl (C=O) groups excluding carboxylic acids is 2. The van der Waals surface area contributed by atoms with E-state index in [2.05, 4.69) is 0 Å². The van der Waals surface area contributed by atoms with Crippen LogP contribution in [0.1, 0.15) is 20.3 Å². The van der Waals surface area contributed by atoms with Gasteiger partial charge in [-0.05, 0) is 13.8 Å². The van der Waals surface area contributed by atoms with Gasteiger partial charge in [-0.25, -0.2) is 0 Å². The van der Waals surface area contributed by atoms with Crippen LogP contribution >= 0.6 is 0 Å². The van der Waals surface area contributed by atoms with Gasteiger partial charge in [-0.2, -0.15) is 0 Å². The predicted octanol–water partition coefficient (Wildman–Crippen LogP) is -0.0971. The topological polar surface area (TPSA) is 72.8 Å². The van der Waals surface area contributed by atoms with E-state index >= 15 is 0 Å². The average molecular weight is 216 g/mol. The molecule has 0 unspecified atom stereocenters. The number of rotatable bonds is 4. The zero-order valence-electron chi connectivity index (χ0n) is 9.10. The highest BCUT2D eigenvalue weighted by Gasteiger charge is 2.43. The molecule has 0 saturated carbocycles. The van der Waals surface area contributed by atoms with E-state index in [1.54, 1.807) is 6.92 Å². The number of ether oxygens (including phenoxy) is 2. The molecule has 5 nitrogen and oxygen atoms in total. The second kappa shape index (κ2) is 4.72. The number of hydrogen-bond donors (Lipinski definition) is 1. The highest BCUT2D eigenvalue weighted by atomic mass is 16.6. The fourth-order valence-electron chi connectivity index (χ4n) is 1.74. The number of methoxy groups -OCH3 is 1. The fourth-order valence-corrected chi connectivity index (χ4v) is 1.74. The van der Waals surface area contributed by atoms with Gasteiger partial charge in [0, 0.05) is 13.5 Å². The summed E-state index contributed by atoms with van der Waals surface area (Å²) < 4.78 is 10.1. The molecule has 0 aromatic rings. The smallest absolute Gasteiger partial charge is 0.312 e. The van der Waals surface area contributed by atoms with Crippen LogP contribution in [0.15, 0.2) is 0 Å². The Kier molecular flexibility index (Phi) is 3.82. The van der Waals surface area contributed by atoms with Crippen molar-refractivity contribution >= 4 is 11.8 Å². The molecule has 0 amide bonds. The van der Waals surface area contributed by atoms with Crippen molar-refractivity contribution in [2.24, 2.45) is 5.92 Å². The van der Waals surface area contributed by atoms with Crippen LogP contribution in [0.2, 0.25) is 0 Å². The predicted molar refractivity (Wildman–Crippen MR) is 51.1 cm³/mol. The molecule has 1 N–H and O–H groups in total. The fraction of sp³-hybridized carbons (Fsp3) is 0.800. The van der Waals surface area contributed by atoms with Crippen molar-refractivity contribution < 1.29 is 24.2 Å². The van der Waals surface area contributed by atoms with E-state index in [1.807, 2.05) is 0 Å². The van der Waals surface area contributed by atoms with Crippen molar-refractivity contribution in [1.82, 2.24) is 0 Å². The van der Waals surface area contributed by atoms with Crippen LogP contribution in [0.4, 0.5) is 0 Å². The summed E-state index contributed by atoms with van der Waals surface area (Å²) in [5, 5.41) is 9.05. The van der Waals surface area contributed by atoms with E-state index in [9.17, 15) is 9.59 Å². The number of aliphatic hydroxyl groups excluding tert-OH is 1. The van der Waals surface area contributed by atoms with Crippen LogP contribution in [0, 0.1) is 5.92 Å². The number of aliphatic hydroxyl groups is 1. The molecule has 1 fully saturated rings. The number of carbonyl (C=O) groups is 2. The molecule has 0 bridgehead atoms. The molecule has 0 aromatic carbocycles. The van der Waals surface area contributed by atoms with Crippen LogP contribution in [-0.2, 0) is 19.1 Å². The SMILES string of the molecule is CO[C@H]1[C@H](CC(=O)[C@@H](C)O)C(=O)O[C@@H]1C. The lowest BCUT2D eigenvalue weighted by molar-refractivity contribution is -0.145. The van der Waals surface area contributed by atoms with Crippen molar-refractivity contribution in [3.63, 3.8) is 0 Å². The number of esters is 1. The van der Waals surface area contributed by atoms with E-state index in [-0.39, 0.29) is 18.3 Å². The van der Waals surface area contributed by atoms with E-state index in [1.165, 1.54) is 14.0 Å². The summed E-state index contributed by atoms with van der Waals surface area (Å²) in [7, 11) is 1.48. The molecule has 1 aliphatic rings. The van der Waals surface area contributed by atoms with E-state index in [0.29, 0.717) is 0 Å². The first-order valence-electron chi connectivity index (χ1n) is 4.91. The van der Waals surface area contributed by atoms with Gasteiger partial charge in [0.1, 0.15) is 18.3 Å². The van der Waals surface area contributed by atoms with E-state index < -0.39 is 24.1 Å². The number of hydrogen-bond acceptors (Lipinski definition) is 5. The number of Topliss-reactive ketones (excluding diaryl/α,β-unsaturated/α-hetero) is 1. The summed E-state index contributed by atoms with van der Waals surface area (Å²) >= 11 is 0. The third-order valence-electron chi connectivity index (χ3n) is 2.62. The molecule has 0 aliphatic carbocycles. The van der Waals surface area contributed by atoms with Gasteiger partial charge in [0.15, 0.2) is 5.78 Å². The number of cyclic esters (lactones) is 1. The zero-order chi connectivity index (χ0) is 11.6. The lowest BCUT2D eigenvalue weighted by Crippen LogP contribution is -2.31. The second-order valence-corrected chi connectivity index (χ2v) is 3.80. The molecule has 86 valence electrons. The Bertz CT molecular complexity index is 261. The summed E-state index contributed by atoms with van der Waals surface area (Å²) in [6.07, 6.45) is -1.82. The maximum Gasteiger partial charge on any atom is 0.312 e. The van der Waals surface area contributed by atoms with Crippen LogP contribution in [-0.4, -0.2) is 42.3 Å². The Morgan fingerprint density at radius 3 is 2.73 bits per heavy atom. The van der Waals surface area contributed by atoms with Crippen LogP contribution in [0.25, 0.3) is 0 Å². The number of ketones is 1. The molecule has 1 saturated heterocycles. The van der Waals surface area contributed by atoms with Gasteiger partial charge in [-0.1, -0.05) is 0 Å². The largest absolute Gasteiger partial charge is 0.460 e. The molecule has 1 rings (SSSR count). The first-order chi connectivity index (χ1) is 6.97. The van der Waals surface area contributed by atoms with Gasteiger partial charge in [-0.3, -0.25) is 9.59 Å². The molecular formula is C10H16O5. The monoisotopic (exact) mass is 216 g/mol. The lowest BCUT2D eigenvalue weighted by Gasteiger charge is -2.16. The molecule has 15 heavy (non-hydrogen) atoms. The Balaban J connectivity index is 2.67. The van der Waals surface area contributed by atoms with Crippen LogP contribution in [0.3, 0.4) is 0 Å². The van der Waals surface area contributed by atoms with Crippen molar-refractivity contribution in [2.45, 2.75) is 38.6 Å². The van der Waals surface area contributed by atoms with Crippen molar-refractivity contribution in [3.05, 3.63) is 0 Å². The van der Waals surface area contributed by atoms with Gasteiger partial charge in [0.05, 0.1) is 5.92 Å². The van der Waals surface area contributed by atoms with Gasteiger partial charge in [0.2, 0.25) is 0 Å². The zero-order valence-corrected chi connectivity index (χ0v) is 9.10. The minimum atomic E-state index is -1.05. The van der Waals surface area contributed by atoms with Gasteiger partial charge >= 0.3 is 5.97 Å². The Labute approximate surface area is 88.4 Å². The summed E-state index contributed by atoms with van der Waals surface area (Å²) in [6.45, 7) is 3.10. The second-order valence-electron chi connectivity index (χ2n) is 3.80. The molecule has 5 heteroatoms. The van der Waals surface area contributed by atoms with Crippen molar-refractivity contribution in [2.75, 3.05) is 7.11 Å². The van der Waals surface area contributed by atoms with Gasteiger partial charge in [-0.15, -0.1) is 0 Å². The maximum absolute atomic E-state index is 11.4. The third-order valence-corrected chi connectivity index (χ3v) is 2.62. The summed E-state index contributed by atoms with van der Waals surface area (Å²) in [4.78, 5) is 22.7. The normalized spacial score (nSPS) is 32.5. The Hall–Kier alpha value is -0.940. The molecule has 1 aliphatic heterocycles. The van der Waals surface area contributed by atoms with Gasteiger partial charge < -0.3 is 14.6 Å². The third kappa shape index (κ3) is 2.54. The molecule has 1 heterocycles. The van der Waals surface area contributed by atoms with Gasteiger partial charge in [0.25, 0.3) is 0 Å². The van der Waals surface area contributed by atoms with E-state index in [4.69, 9.17) is 14.6 Å². The Morgan fingerprint density at radius 2 is 2.27 bits per heavy atom. The first kappa shape index (κ1) is 12.1. The minimum absolute atomic E-state index is 0.0284. The van der Waals surface area contributed by atoms with Crippen LogP contribution < -0.4 is 0 Å². The quantitative estimate of drug-likeness (QED) is 0.664. The summed E-state index contributed by atoms with van der Waals surface area (Å²) in [6, 6.07) is 0. The summed E-state index contributed by atoms with van der Waals surface area (Å²) in [5.41, 5.74) is 0. The molecule has 0 aromatic heterocycles.